The van der Waals surface area contributed by atoms with Gasteiger partial charge in [0.25, 0.3) is 11.8 Å². The van der Waals surface area contributed by atoms with Crippen molar-refractivity contribution in [2.24, 2.45) is 0 Å². The number of fused-ring (bicyclic) bond motifs is 1. The minimum atomic E-state index is -0.971. The SMILES string of the molecule is COC(=O)C(NC(=O)c1ccc(N2COc3ccc(C)cc3C2=O)cc1)c1ccc(Cl)s1. The molecule has 1 atom stereocenters. The van der Waals surface area contributed by atoms with Gasteiger partial charge in [-0.2, -0.15) is 0 Å². The lowest BCUT2D eigenvalue weighted by Crippen LogP contribution is -2.38. The molecule has 0 aliphatic carbocycles. The highest BCUT2D eigenvalue weighted by Crippen LogP contribution is 2.30. The highest BCUT2D eigenvalue weighted by atomic mass is 35.5. The van der Waals surface area contributed by atoms with Gasteiger partial charge in [0, 0.05) is 16.1 Å². The van der Waals surface area contributed by atoms with E-state index in [-0.39, 0.29) is 12.6 Å². The van der Waals surface area contributed by atoms with Crippen molar-refractivity contribution in [2.45, 2.75) is 13.0 Å². The molecule has 0 saturated carbocycles. The highest BCUT2D eigenvalue weighted by Gasteiger charge is 2.28. The first kappa shape index (κ1) is 21.9. The van der Waals surface area contributed by atoms with Crippen molar-refractivity contribution < 1.29 is 23.9 Å². The second-order valence-corrected chi connectivity index (χ2v) is 8.87. The third kappa shape index (κ3) is 4.32. The lowest BCUT2D eigenvalue weighted by molar-refractivity contribution is -0.143. The summed E-state index contributed by atoms with van der Waals surface area (Å²) in [6.07, 6.45) is 0. The van der Waals surface area contributed by atoms with Crippen LogP contribution in [0.15, 0.2) is 54.6 Å². The van der Waals surface area contributed by atoms with E-state index in [0.717, 1.165) is 5.56 Å². The number of hydrogen-bond acceptors (Lipinski definition) is 6. The lowest BCUT2D eigenvalue weighted by Gasteiger charge is -2.29. The molecular formula is C23H19ClN2O5S. The molecule has 3 aromatic rings. The number of benzene rings is 2. The maximum atomic E-state index is 12.9. The number of thiophene rings is 1. The van der Waals surface area contributed by atoms with E-state index in [4.69, 9.17) is 21.1 Å². The summed E-state index contributed by atoms with van der Waals surface area (Å²) in [5, 5.41) is 2.67. The molecule has 164 valence electrons. The standard InChI is InChI=1S/C23H19ClN2O5S/c1-13-3-8-17-16(11-13)22(28)26(12-31-17)15-6-4-14(5-7-15)21(27)25-20(23(29)30-2)18-9-10-19(24)32-18/h3-11,20H,12H2,1-2H3,(H,25,27). The number of hydrogen-bond donors (Lipinski definition) is 1. The van der Waals surface area contributed by atoms with Crippen LogP contribution in [-0.4, -0.2) is 31.6 Å². The molecule has 1 aromatic heterocycles. The number of rotatable bonds is 5. The average molecular weight is 471 g/mol. The van der Waals surface area contributed by atoms with E-state index in [1.807, 2.05) is 13.0 Å². The van der Waals surface area contributed by atoms with Gasteiger partial charge in [0.15, 0.2) is 12.8 Å². The van der Waals surface area contributed by atoms with Crippen LogP contribution in [0.25, 0.3) is 0 Å². The molecule has 1 unspecified atom stereocenters. The molecule has 7 nitrogen and oxygen atoms in total. The summed E-state index contributed by atoms with van der Waals surface area (Å²) in [5.74, 6) is -0.681. The second kappa shape index (κ2) is 9.02. The van der Waals surface area contributed by atoms with Crippen molar-refractivity contribution in [1.29, 1.82) is 0 Å². The molecule has 0 fully saturated rings. The smallest absolute Gasteiger partial charge is 0.333 e. The molecule has 1 N–H and O–H groups in total. The van der Waals surface area contributed by atoms with E-state index in [2.05, 4.69) is 5.32 Å². The number of anilines is 1. The van der Waals surface area contributed by atoms with Gasteiger partial charge >= 0.3 is 5.97 Å². The number of amides is 2. The molecule has 0 saturated heterocycles. The number of carbonyl (C=O) groups excluding carboxylic acids is 3. The maximum Gasteiger partial charge on any atom is 0.333 e. The van der Waals surface area contributed by atoms with Gasteiger partial charge in [-0.15, -0.1) is 11.3 Å². The van der Waals surface area contributed by atoms with Gasteiger partial charge in [0.1, 0.15) is 5.75 Å². The summed E-state index contributed by atoms with van der Waals surface area (Å²) in [5.41, 5.74) is 2.37. The van der Waals surface area contributed by atoms with Gasteiger partial charge < -0.3 is 14.8 Å². The topological polar surface area (TPSA) is 84.9 Å². The normalized spacial score (nSPS) is 13.7. The molecule has 0 spiro atoms. The van der Waals surface area contributed by atoms with E-state index < -0.39 is 17.9 Å². The van der Waals surface area contributed by atoms with E-state index in [1.54, 1.807) is 48.5 Å². The first-order valence-corrected chi connectivity index (χ1v) is 10.9. The van der Waals surface area contributed by atoms with Crippen LogP contribution in [0, 0.1) is 6.92 Å². The summed E-state index contributed by atoms with van der Waals surface area (Å²) in [4.78, 5) is 39.9. The Morgan fingerprint density at radius 3 is 2.56 bits per heavy atom. The van der Waals surface area contributed by atoms with Crippen LogP contribution in [0.4, 0.5) is 5.69 Å². The number of ether oxygens (including phenoxy) is 2. The Morgan fingerprint density at radius 1 is 1.16 bits per heavy atom. The molecule has 32 heavy (non-hydrogen) atoms. The first-order valence-electron chi connectivity index (χ1n) is 9.66. The number of nitrogens with one attached hydrogen (secondary N) is 1. The van der Waals surface area contributed by atoms with Gasteiger partial charge in [-0.1, -0.05) is 23.2 Å². The van der Waals surface area contributed by atoms with Gasteiger partial charge in [0.05, 0.1) is 17.0 Å². The number of carbonyl (C=O) groups is 3. The van der Waals surface area contributed by atoms with E-state index in [0.29, 0.717) is 31.8 Å². The molecule has 0 bridgehead atoms. The highest BCUT2D eigenvalue weighted by molar-refractivity contribution is 7.16. The zero-order valence-electron chi connectivity index (χ0n) is 17.3. The first-order chi connectivity index (χ1) is 15.4. The number of nitrogens with zero attached hydrogens (tertiary/aromatic N) is 1. The molecule has 2 amide bonds. The lowest BCUT2D eigenvalue weighted by atomic mass is 10.1. The average Bonchev–Trinajstić information content (AvgIpc) is 3.23. The number of esters is 1. The summed E-state index contributed by atoms with van der Waals surface area (Å²) >= 11 is 7.15. The van der Waals surface area contributed by atoms with Crippen LogP contribution in [0.1, 0.15) is 37.2 Å². The Hall–Kier alpha value is -3.36. The van der Waals surface area contributed by atoms with E-state index >= 15 is 0 Å². The fourth-order valence-corrected chi connectivity index (χ4v) is 4.42. The van der Waals surface area contributed by atoms with Gasteiger partial charge in [-0.25, -0.2) is 4.79 Å². The van der Waals surface area contributed by atoms with Crippen LogP contribution in [0.2, 0.25) is 4.34 Å². The van der Waals surface area contributed by atoms with E-state index in [9.17, 15) is 14.4 Å². The van der Waals surface area contributed by atoms with Crippen LogP contribution >= 0.6 is 22.9 Å². The number of methoxy groups -OCH3 is 1. The number of halogens is 1. The van der Waals surface area contributed by atoms with E-state index in [1.165, 1.54) is 23.3 Å². The fraction of sp³-hybridized carbons (Fsp3) is 0.174. The Kier molecular flexibility index (Phi) is 6.16. The number of aryl methyl sites for hydroxylation is 1. The van der Waals surface area contributed by atoms with Crippen molar-refractivity contribution in [1.82, 2.24) is 5.32 Å². The molecule has 2 heterocycles. The van der Waals surface area contributed by atoms with Crippen molar-refractivity contribution in [3.8, 4) is 5.75 Å². The minimum absolute atomic E-state index is 0.0734. The predicted octanol–water partition coefficient (Wildman–Crippen LogP) is 4.35. The Balaban J connectivity index is 1.51. The predicted molar refractivity (Wildman–Crippen MR) is 121 cm³/mol. The van der Waals surface area contributed by atoms with Gasteiger partial charge in [-0.3, -0.25) is 14.5 Å². The maximum absolute atomic E-state index is 12.9. The minimum Gasteiger partial charge on any atom is -0.472 e. The quantitative estimate of drug-likeness (QED) is 0.560. The molecule has 9 heteroatoms. The molecule has 1 aliphatic heterocycles. The molecule has 1 aliphatic rings. The van der Waals surface area contributed by atoms with Crippen LogP contribution in [-0.2, 0) is 9.53 Å². The zero-order chi connectivity index (χ0) is 22.8. The van der Waals surface area contributed by atoms with Gasteiger partial charge in [-0.05, 0) is 55.5 Å². The Bertz CT molecular complexity index is 1190. The summed E-state index contributed by atoms with van der Waals surface area (Å²) in [7, 11) is 1.25. The second-order valence-electron chi connectivity index (χ2n) is 7.12. The summed E-state index contributed by atoms with van der Waals surface area (Å²) in [6, 6.07) is 14.3. The fourth-order valence-electron chi connectivity index (χ4n) is 3.32. The van der Waals surface area contributed by atoms with Crippen LogP contribution in [0.5, 0.6) is 5.75 Å². The molecule has 4 rings (SSSR count). The van der Waals surface area contributed by atoms with Crippen molar-refractivity contribution >= 4 is 46.4 Å². The van der Waals surface area contributed by atoms with Crippen LogP contribution < -0.4 is 15.0 Å². The monoisotopic (exact) mass is 470 g/mol. The largest absolute Gasteiger partial charge is 0.472 e. The molecule has 0 radical (unpaired) electrons. The molecule has 2 aromatic carbocycles. The van der Waals surface area contributed by atoms with Crippen molar-refractivity contribution in [3.05, 3.63) is 80.5 Å². The van der Waals surface area contributed by atoms with Gasteiger partial charge in [0.2, 0.25) is 0 Å². The Morgan fingerprint density at radius 2 is 1.91 bits per heavy atom. The third-order valence-corrected chi connectivity index (χ3v) is 6.29. The van der Waals surface area contributed by atoms with Crippen LogP contribution in [0.3, 0.4) is 0 Å². The van der Waals surface area contributed by atoms with Crippen molar-refractivity contribution in [3.63, 3.8) is 0 Å². The Labute approximate surface area is 193 Å². The molecular weight excluding hydrogens is 452 g/mol. The van der Waals surface area contributed by atoms with Crippen molar-refractivity contribution in [2.75, 3.05) is 18.7 Å². The zero-order valence-corrected chi connectivity index (χ0v) is 18.8. The summed E-state index contributed by atoms with van der Waals surface area (Å²) < 4.78 is 11.0. The third-order valence-electron chi connectivity index (χ3n) is 4.99. The summed E-state index contributed by atoms with van der Waals surface area (Å²) in [6.45, 7) is 1.98.